The van der Waals surface area contributed by atoms with E-state index >= 15 is 0 Å². The van der Waals surface area contributed by atoms with Crippen molar-refractivity contribution in [3.05, 3.63) is 16.1 Å². The van der Waals surface area contributed by atoms with Crippen LogP contribution in [0.3, 0.4) is 0 Å². The lowest BCUT2D eigenvalue weighted by atomic mass is 9.92. The molecule has 0 bridgehead atoms. The first kappa shape index (κ1) is 17.4. The average Bonchev–Trinajstić information content (AvgIpc) is 2.87. The van der Waals surface area contributed by atoms with Gasteiger partial charge in [-0.3, -0.25) is 4.79 Å². The number of nitrogens with zero attached hydrogens (tertiary/aromatic N) is 1. The Labute approximate surface area is 131 Å². The Hall–Kier alpha value is -0.650. The van der Waals surface area contributed by atoms with Crippen LogP contribution in [0.4, 0.5) is 0 Å². The van der Waals surface area contributed by atoms with E-state index in [1.807, 2.05) is 6.92 Å². The van der Waals surface area contributed by atoms with Gasteiger partial charge in [-0.25, -0.2) is 4.98 Å². The van der Waals surface area contributed by atoms with E-state index in [9.17, 15) is 4.79 Å². The molecule has 3 atom stereocenters. The van der Waals surface area contributed by atoms with Crippen molar-refractivity contribution in [1.82, 2.24) is 15.6 Å². The van der Waals surface area contributed by atoms with E-state index in [-0.39, 0.29) is 30.3 Å². The monoisotopic (exact) mass is 317 g/mol. The molecule has 0 aliphatic carbocycles. The van der Waals surface area contributed by atoms with E-state index in [1.165, 1.54) is 0 Å². The maximum absolute atomic E-state index is 12.2. The molecule has 114 valence electrons. The van der Waals surface area contributed by atoms with Gasteiger partial charge < -0.3 is 10.6 Å². The normalized spacial score (nSPS) is 23.8. The number of rotatable bonds is 4. The van der Waals surface area contributed by atoms with E-state index in [4.69, 9.17) is 0 Å². The van der Waals surface area contributed by atoms with Crippen LogP contribution >= 0.6 is 23.7 Å². The Balaban J connectivity index is 0.00000200. The lowest BCUT2D eigenvalue weighted by Gasteiger charge is -2.28. The minimum absolute atomic E-state index is 0. The van der Waals surface area contributed by atoms with Gasteiger partial charge in [0.1, 0.15) is 0 Å². The van der Waals surface area contributed by atoms with Gasteiger partial charge in [0.2, 0.25) is 5.91 Å². The molecule has 2 rings (SSSR count). The third-order valence-corrected chi connectivity index (χ3v) is 4.68. The predicted molar refractivity (Wildman–Crippen MR) is 85.5 cm³/mol. The highest BCUT2D eigenvalue weighted by Crippen LogP contribution is 2.20. The molecule has 2 heterocycles. The lowest BCUT2D eigenvalue weighted by molar-refractivity contribution is -0.126. The van der Waals surface area contributed by atoms with Crippen LogP contribution in [-0.4, -0.2) is 23.5 Å². The molecule has 0 radical (unpaired) electrons. The first-order valence-electron chi connectivity index (χ1n) is 7.08. The van der Waals surface area contributed by atoms with Gasteiger partial charge in [-0.2, -0.15) is 0 Å². The van der Waals surface area contributed by atoms with Crippen LogP contribution in [0.2, 0.25) is 0 Å². The van der Waals surface area contributed by atoms with Crippen LogP contribution < -0.4 is 10.6 Å². The molecule has 1 aromatic rings. The van der Waals surface area contributed by atoms with Crippen LogP contribution in [0.1, 0.15) is 50.4 Å². The van der Waals surface area contributed by atoms with Crippen molar-refractivity contribution in [2.75, 3.05) is 6.54 Å². The van der Waals surface area contributed by atoms with Gasteiger partial charge in [0.25, 0.3) is 0 Å². The smallest absolute Gasteiger partial charge is 0.223 e. The molecule has 1 amide bonds. The summed E-state index contributed by atoms with van der Waals surface area (Å²) in [4.78, 5) is 16.8. The Morgan fingerprint density at radius 1 is 1.65 bits per heavy atom. The molecule has 4 nitrogen and oxygen atoms in total. The number of nitrogens with one attached hydrogen (secondary N) is 2. The van der Waals surface area contributed by atoms with Crippen molar-refractivity contribution in [2.24, 2.45) is 5.92 Å². The molecule has 0 aromatic carbocycles. The second-order valence-corrected chi connectivity index (χ2v) is 6.27. The summed E-state index contributed by atoms with van der Waals surface area (Å²) in [7, 11) is 0. The summed E-state index contributed by atoms with van der Waals surface area (Å²) in [6.45, 7) is 7.18. The molecule has 1 aliphatic heterocycles. The fraction of sp³-hybridized carbons (Fsp3) is 0.714. The molecular formula is C14H24ClN3OS. The number of amides is 1. The number of piperidine rings is 1. The van der Waals surface area contributed by atoms with Crippen molar-refractivity contribution in [1.29, 1.82) is 0 Å². The number of aromatic nitrogens is 1. The van der Waals surface area contributed by atoms with E-state index in [2.05, 4.69) is 34.8 Å². The molecular weight excluding hydrogens is 294 g/mol. The summed E-state index contributed by atoms with van der Waals surface area (Å²) in [5.74, 6) is 0.315. The lowest BCUT2D eigenvalue weighted by Crippen LogP contribution is -2.43. The van der Waals surface area contributed by atoms with Crippen molar-refractivity contribution < 1.29 is 4.79 Å². The Bertz CT molecular complexity index is 438. The average molecular weight is 318 g/mol. The van der Waals surface area contributed by atoms with Gasteiger partial charge in [0.15, 0.2) is 0 Å². The maximum atomic E-state index is 12.2. The molecule has 1 aromatic heterocycles. The third kappa shape index (κ3) is 4.43. The minimum Gasteiger partial charge on any atom is -0.348 e. The van der Waals surface area contributed by atoms with Crippen LogP contribution in [0, 0.1) is 5.92 Å². The van der Waals surface area contributed by atoms with Crippen LogP contribution in [0.5, 0.6) is 0 Å². The number of thiazole rings is 1. The maximum Gasteiger partial charge on any atom is 0.223 e. The van der Waals surface area contributed by atoms with Gasteiger partial charge in [0.05, 0.1) is 16.7 Å². The molecule has 1 aliphatic rings. The van der Waals surface area contributed by atoms with Gasteiger partial charge in [-0.15, -0.1) is 23.7 Å². The highest BCUT2D eigenvalue weighted by atomic mass is 35.5. The molecule has 0 spiro atoms. The van der Waals surface area contributed by atoms with Crippen molar-refractivity contribution in [3.8, 4) is 0 Å². The molecule has 1 unspecified atom stereocenters. The summed E-state index contributed by atoms with van der Waals surface area (Å²) in [6.07, 6.45) is 2.81. The quantitative estimate of drug-likeness (QED) is 0.897. The Morgan fingerprint density at radius 2 is 2.40 bits per heavy atom. The molecule has 0 saturated carbocycles. The van der Waals surface area contributed by atoms with Crippen molar-refractivity contribution in [2.45, 2.75) is 52.1 Å². The SMILES string of the molecule is CCc1nc(C(C)NC(=O)[C@H]2CCN[C@@H](C)C2)cs1.Cl. The summed E-state index contributed by atoms with van der Waals surface area (Å²) >= 11 is 1.67. The summed E-state index contributed by atoms with van der Waals surface area (Å²) < 4.78 is 0. The third-order valence-electron chi connectivity index (χ3n) is 3.67. The number of carbonyl (C=O) groups is 1. The van der Waals surface area contributed by atoms with Gasteiger partial charge in [-0.05, 0) is 39.7 Å². The fourth-order valence-electron chi connectivity index (χ4n) is 2.46. The first-order valence-corrected chi connectivity index (χ1v) is 7.96. The topological polar surface area (TPSA) is 54.0 Å². The zero-order valence-corrected chi connectivity index (χ0v) is 13.9. The van der Waals surface area contributed by atoms with Crippen LogP contribution in [0.25, 0.3) is 0 Å². The van der Waals surface area contributed by atoms with E-state index < -0.39 is 0 Å². The molecule has 6 heteroatoms. The molecule has 1 fully saturated rings. The number of hydrogen-bond acceptors (Lipinski definition) is 4. The standard InChI is InChI=1S/C14H23N3OS.ClH/c1-4-13-17-12(8-19-13)10(3)16-14(18)11-5-6-15-9(2)7-11;/h8-11,15H,4-7H2,1-3H3,(H,16,18);1H/t9-,10?,11-;/m0./s1. The van der Waals surface area contributed by atoms with Gasteiger partial charge in [0, 0.05) is 17.3 Å². The Kier molecular flexibility index (Phi) is 6.92. The van der Waals surface area contributed by atoms with Gasteiger partial charge >= 0.3 is 0 Å². The highest BCUT2D eigenvalue weighted by molar-refractivity contribution is 7.09. The second kappa shape index (κ2) is 7.96. The highest BCUT2D eigenvalue weighted by Gasteiger charge is 2.26. The zero-order valence-electron chi connectivity index (χ0n) is 12.3. The number of halogens is 1. The summed E-state index contributed by atoms with van der Waals surface area (Å²) in [6, 6.07) is 0.444. The van der Waals surface area contributed by atoms with E-state index in [1.54, 1.807) is 11.3 Å². The zero-order chi connectivity index (χ0) is 13.8. The largest absolute Gasteiger partial charge is 0.348 e. The molecule has 1 saturated heterocycles. The molecule has 2 N–H and O–H groups in total. The number of carbonyl (C=O) groups excluding carboxylic acids is 1. The predicted octanol–water partition coefficient (Wildman–Crippen LogP) is 2.69. The van der Waals surface area contributed by atoms with Crippen LogP contribution in [-0.2, 0) is 11.2 Å². The second-order valence-electron chi connectivity index (χ2n) is 5.33. The summed E-state index contributed by atoms with van der Waals surface area (Å²) in [5.41, 5.74) is 0.984. The summed E-state index contributed by atoms with van der Waals surface area (Å²) in [5, 5.41) is 9.65. The van der Waals surface area contributed by atoms with E-state index in [0.29, 0.717) is 6.04 Å². The minimum atomic E-state index is 0. The van der Waals surface area contributed by atoms with Gasteiger partial charge in [-0.1, -0.05) is 6.92 Å². The van der Waals surface area contributed by atoms with Crippen molar-refractivity contribution in [3.63, 3.8) is 0 Å². The number of hydrogen-bond donors (Lipinski definition) is 2. The van der Waals surface area contributed by atoms with E-state index in [0.717, 1.165) is 36.5 Å². The van der Waals surface area contributed by atoms with Crippen LogP contribution in [0.15, 0.2) is 5.38 Å². The van der Waals surface area contributed by atoms with Crippen molar-refractivity contribution >= 4 is 29.7 Å². The first-order chi connectivity index (χ1) is 9.10. The molecule has 20 heavy (non-hydrogen) atoms. The number of aryl methyl sites for hydroxylation is 1. The fourth-order valence-corrected chi connectivity index (χ4v) is 3.30. The Morgan fingerprint density at radius 3 is 3.00 bits per heavy atom.